The molecule has 0 amide bonds. The van der Waals surface area contributed by atoms with E-state index < -0.39 is 23.3 Å². The van der Waals surface area contributed by atoms with Crippen molar-refractivity contribution in [1.29, 1.82) is 0 Å². The van der Waals surface area contributed by atoms with Gasteiger partial charge in [0.05, 0.1) is 18.8 Å². The second-order valence-corrected chi connectivity index (χ2v) is 7.41. The third kappa shape index (κ3) is 3.06. The molecule has 0 fully saturated rings. The molecule has 1 aromatic carbocycles. The number of hydroxylamine groups is 1. The number of ether oxygens (including phenoxy) is 1. The Morgan fingerprint density at radius 1 is 1.43 bits per heavy atom. The van der Waals surface area contributed by atoms with Crippen LogP contribution in [0.15, 0.2) is 24.5 Å². The number of halogens is 2. The van der Waals surface area contributed by atoms with Crippen molar-refractivity contribution in [2.24, 2.45) is 0 Å². The van der Waals surface area contributed by atoms with E-state index in [0.29, 0.717) is 22.8 Å². The molecule has 0 aliphatic carbocycles. The third-order valence-corrected chi connectivity index (χ3v) is 5.02. The van der Waals surface area contributed by atoms with Crippen LogP contribution in [0.4, 0.5) is 14.6 Å². The Bertz CT molecular complexity index is 1050. The lowest BCUT2D eigenvalue weighted by Crippen LogP contribution is -2.40. The minimum absolute atomic E-state index is 0.0860. The Morgan fingerprint density at radius 3 is 2.96 bits per heavy atom. The predicted molar refractivity (Wildman–Crippen MR) is 98.6 cm³/mol. The van der Waals surface area contributed by atoms with Crippen LogP contribution in [-0.4, -0.2) is 32.0 Å². The van der Waals surface area contributed by atoms with E-state index in [1.807, 2.05) is 13.8 Å². The molecule has 2 atom stereocenters. The van der Waals surface area contributed by atoms with Gasteiger partial charge in [-0.3, -0.25) is 0 Å². The molecule has 1 aliphatic heterocycles. The molecule has 0 saturated carbocycles. The van der Waals surface area contributed by atoms with Gasteiger partial charge in [-0.1, -0.05) is 0 Å². The highest BCUT2D eigenvalue weighted by molar-refractivity contribution is 5.54. The van der Waals surface area contributed by atoms with Crippen molar-refractivity contribution in [3.63, 3.8) is 0 Å². The Morgan fingerprint density at radius 2 is 2.21 bits per heavy atom. The molecule has 1 aliphatic rings. The molecule has 28 heavy (non-hydrogen) atoms. The summed E-state index contributed by atoms with van der Waals surface area (Å²) in [5.41, 5.74) is 3.49. The summed E-state index contributed by atoms with van der Waals surface area (Å²) in [6.07, 6.45) is 3.65. The van der Waals surface area contributed by atoms with Crippen molar-refractivity contribution in [2.75, 3.05) is 11.9 Å². The van der Waals surface area contributed by atoms with Gasteiger partial charge in [0.1, 0.15) is 17.2 Å². The molecular formula is C19H21F2N5O2. The number of benzene rings is 1. The number of aryl methyl sites for hydroxylation is 1. The molecule has 3 aromatic rings. The molecule has 7 nitrogen and oxygen atoms in total. The van der Waals surface area contributed by atoms with Crippen molar-refractivity contribution in [1.82, 2.24) is 20.1 Å². The molecule has 0 spiro atoms. The van der Waals surface area contributed by atoms with Gasteiger partial charge in [-0.05, 0) is 32.9 Å². The Kier molecular flexibility index (Phi) is 4.43. The maximum atomic E-state index is 14.4. The molecule has 148 valence electrons. The van der Waals surface area contributed by atoms with Crippen LogP contribution in [0.25, 0.3) is 5.65 Å². The Balaban J connectivity index is 1.68. The minimum Gasteiger partial charge on any atom is -0.485 e. The number of rotatable bonds is 5. The highest BCUT2D eigenvalue weighted by atomic mass is 19.2. The molecule has 1 unspecified atom stereocenters. The van der Waals surface area contributed by atoms with E-state index in [1.54, 1.807) is 29.9 Å². The smallest absolute Gasteiger partial charge is 0.165 e. The van der Waals surface area contributed by atoms with Gasteiger partial charge in [0.15, 0.2) is 17.3 Å². The normalized spacial score (nSPS) is 19.5. The molecule has 0 saturated heterocycles. The van der Waals surface area contributed by atoms with Gasteiger partial charge in [0.2, 0.25) is 0 Å². The van der Waals surface area contributed by atoms with Crippen molar-refractivity contribution >= 4 is 11.5 Å². The van der Waals surface area contributed by atoms with Crippen LogP contribution < -0.4 is 15.5 Å². The molecule has 4 rings (SSSR count). The van der Waals surface area contributed by atoms with Crippen molar-refractivity contribution < 1.29 is 18.7 Å². The number of hydrogen-bond acceptors (Lipinski definition) is 6. The Hall–Kier alpha value is -2.78. The molecular weight excluding hydrogens is 368 g/mol. The fraction of sp³-hybridized carbons (Fsp3) is 0.368. The van der Waals surface area contributed by atoms with E-state index in [1.165, 1.54) is 0 Å². The zero-order chi connectivity index (χ0) is 20.1. The summed E-state index contributed by atoms with van der Waals surface area (Å²) in [7, 11) is 0. The summed E-state index contributed by atoms with van der Waals surface area (Å²) < 4.78 is 36.2. The zero-order valence-corrected chi connectivity index (χ0v) is 15.8. The van der Waals surface area contributed by atoms with Crippen LogP contribution in [0.2, 0.25) is 0 Å². The molecule has 3 heterocycles. The average Bonchev–Trinajstić information content (AvgIpc) is 3.19. The monoisotopic (exact) mass is 389 g/mol. The SMILES string of the molecule is Cc1cnn2ccc(N[C@H](C)c3cc(F)c(F)c4c3OC(C)(CNO)C4)nc12. The molecule has 9 heteroatoms. The molecule has 2 aromatic heterocycles. The first-order valence-corrected chi connectivity index (χ1v) is 8.95. The summed E-state index contributed by atoms with van der Waals surface area (Å²) >= 11 is 0. The van der Waals surface area contributed by atoms with E-state index in [2.05, 4.69) is 20.9 Å². The van der Waals surface area contributed by atoms with E-state index >= 15 is 0 Å². The van der Waals surface area contributed by atoms with E-state index in [0.717, 1.165) is 11.6 Å². The standard InChI is InChI=1S/C19H21F2N5O2/c1-10-8-22-26-5-4-15(25-18(10)26)24-11(2)12-6-14(20)16(21)13-7-19(3,9-23-27)28-17(12)13/h4-6,8,11,23,27H,7,9H2,1-3H3,(H,24,25)/t11-,19?/m1/s1. The topological polar surface area (TPSA) is 83.7 Å². The van der Waals surface area contributed by atoms with Gasteiger partial charge < -0.3 is 15.3 Å². The first-order valence-electron chi connectivity index (χ1n) is 8.95. The Labute approximate surface area is 160 Å². The van der Waals surface area contributed by atoms with Crippen LogP contribution in [0.5, 0.6) is 5.75 Å². The second-order valence-electron chi connectivity index (χ2n) is 7.41. The summed E-state index contributed by atoms with van der Waals surface area (Å²) in [4.78, 5) is 4.53. The van der Waals surface area contributed by atoms with E-state index in [4.69, 9.17) is 9.94 Å². The summed E-state index contributed by atoms with van der Waals surface area (Å²) in [6, 6.07) is 2.51. The van der Waals surface area contributed by atoms with E-state index in [9.17, 15) is 8.78 Å². The predicted octanol–water partition coefficient (Wildman–Crippen LogP) is 3.16. The number of fused-ring (bicyclic) bond motifs is 2. The maximum Gasteiger partial charge on any atom is 0.165 e. The van der Waals surface area contributed by atoms with Gasteiger partial charge in [0.25, 0.3) is 0 Å². The fourth-order valence-corrected chi connectivity index (χ4v) is 3.57. The zero-order valence-electron chi connectivity index (χ0n) is 15.8. The summed E-state index contributed by atoms with van der Waals surface area (Å²) in [5, 5.41) is 16.4. The third-order valence-electron chi connectivity index (χ3n) is 5.02. The van der Waals surface area contributed by atoms with Crippen LogP contribution in [0.3, 0.4) is 0 Å². The second kappa shape index (κ2) is 6.68. The first-order chi connectivity index (χ1) is 13.3. The maximum absolute atomic E-state index is 14.4. The minimum atomic E-state index is -0.928. The quantitative estimate of drug-likeness (QED) is 0.582. The van der Waals surface area contributed by atoms with Crippen LogP contribution >= 0.6 is 0 Å². The molecule has 0 bridgehead atoms. The lowest BCUT2D eigenvalue weighted by molar-refractivity contribution is 0.0538. The highest BCUT2D eigenvalue weighted by Gasteiger charge is 2.39. The molecule has 0 radical (unpaired) electrons. The van der Waals surface area contributed by atoms with Gasteiger partial charge in [-0.25, -0.2) is 23.8 Å². The average molecular weight is 389 g/mol. The van der Waals surface area contributed by atoms with Gasteiger partial charge in [-0.15, -0.1) is 0 Å². The van der Waals surface area contributed by atoms with Crippen LogP contribution in [0, 0.1) is 18.6 Å². The summed E-state index contributed by atoms with van der Waals surface area (Å²) in [6.45, 7) is 5.55. The van der Waals surface area contributed by atoms with Crippen LogP contribution in [-0.2, 0) is 6.42 Å². The van der Waals surface area contributed by atoms with Gasteiger partial charge in [-0.2, -0.15) is 5.10 Å². The molecule has 3 N–H and O–H groups in total. The fourth-order valence-electron chi connectivity index (χ4n) is 3.57. The number of hydrogen-bond donors (Lipinski definition) is 3. The largest absolute Gasteiger partial charge is 0.485 e. The number of anilines is 1. The van der Waals surface area contributed by atoms with Crippen molar-refractivity contribution in [2.45, 2.75) is 38.8 Å². The van der Waals surface area contributed by atoms with Crippen molar-refractivity contribution in [3.8, 4) is 5.75 Å². The number of nitrogens with one attached hydrogen (secondary N) is 2. The van der Waals surface area contributed by atoms with Gasteiger partial charge >= 0.3 is 0 Å². The lowest BCUT2D eigenvalue weighted by atomic mass is 9.96. The highest BCUT2D eigenvalue weighted by Crippen LogP contribution is 2.43. The number of aromatic nitrogens is 3. The first kappa shape index (κ1) is 18.6. The van der Waals surface area contributed by atoms with E-state index in [-0.39, 0.29) is 18.5 Å². The van der Waals surface area contributed by atoms with Crippen molar-refractivity contribution in [3.05, 3.63) is 52.9 Å². The van der Waals surface area contributed by atoms with Crippen LogP contribution in [0.1, 0.15) is 36.6 Å². The lowest BCUT2D eigenvalue weighted by Gasteiger charge is -2.24. The number of nitrogens with zero attached hydrogens (tertiary/aromatic N) is 3. The van der Waals surface area contributed by atoms with Gasteiger partial charge in [0, 0.05) is 29.3 Å². The summed E-state index contributed by atoms with van der Waals surface area (Å²) in [5.74, 6) is -0.956.